The minimum atomic E-state index is 0.0326. The number of ether oxygens (including phenoxy) is 2. The van der Waals surface area contributed by atoms with E-state index < -0.39 is 0 Å². The lowest BCUT2D eigenvalue weighted by Crippen LogP contribution is -2.32. The van der Waals surface area contributed by atoms with Crippen molar-refractivity contribution in [3.05, 3.63) is 23.8 Å². The molecule has 1 aromatic carbocycles. The molecule has 0 radical (unpaired) electrons. The summed E-state index contributed by atoms with van der Waals surface area (Å²) in [5.74, 6) is 1.95. The van der Waals surface area contributed by atoms with Crippen molar-refractivity contribution in [2.24, 2.45) is 5.92 Å². The van der Waals surface area contributed by atoms with E-state index in [-0.39, 0.29) is 12.7 Å². The number of fused-ring (bicyclic) bond motifs is 1. The summed E-state index contributed by atoms with van der Waals surface area (Å²) in [6, 6.07) is 5.34. The first kappa shape index (κ1) is 12.3. The summed E-state index contributed by atoms with van der Waals surface area (Å²) in [7, 11) is 1.85. The maximum absolute atomic E-state index is 12.3. The van der Waals surface area contributed by atoms with Crippen LogP contribution in [0.25, 0.3) is 0 Å². The first-order valence-electron chi connectivity index (χ1n) is 6.60. The van der Waals surface area contributed by atoms with Gasteiger partial charge in [-0.2, -0.15) is 0 Å². The van der Waals surface area contributed by atoms with Crippen molar-refractivity contribution in [3.63, 3.8) is 0 Å². The van der Waals surface area contributed by atoms with Crippen LogP contribution in [0.2, 0.25) is 0 Å². The van der Waals surface area contributed by atoms with Crippen LogP contribution in [0.5, 0.6) is 11.5 Å². The largest absolute Gasteiger partial charge is 0.454 e. The summed E-state index contributed by atoms with van der Waals surface area (Å²) in [4.78, 5) is 14.1. The van der Waals surface area contributed by atoms with Crippen LogP contribution in [0.4, 0.5) is 0 Å². The molecule has 0 saturated carbocycles. The Morgan fingerprint density at radius 2 is 2.26 bits per heavy atom. The fourth-order valence-electron chi connectivity index (χ4n) is 2.59. The van der Waals surface area contributed by atoms with Gasteiger partial charge in [-0.3, -0.25) is 4.79 Å². The second-order valence-electron chi connectivity index (χ2n) is 5.11. The number of hydrogen-bond acceptors (Lipinski definition) is 4. The van der Waals surface area contributed by atoms with Crippen LogP contribution in [0.3, 0.4) is 0 Å². The molecule has 2 aliphatic heterocycles. The Morgan fingerprint density at radius 1 is 1.42 bits per heavy atom. The zero-order chi connectivity index (χ0) is 13.2. The van der Waals surface area contributed by atoms with Crippen LogP contribution >= 0.6 is 0 Å². The van der Waals surface area contributed by atoms with E-state index in [1.807, 2.05) is 7.05 Å². The van der Waals surface area contributed by atoms with Gasteiger partial charge in [-0.25, -0.2) is 0 Å². The smallest absolute Gasteiger partial charge is 0.253 e. The van der Waals surface area contributed by atoms with E-state index in [4.69, 9.17) is 9.47 Å². The van der Waals surface area contributed by atoms with Crippen molar-refractivity contribution < 1.29 is 14.3 Å². The maximum Gasteiger partial charge on any atom is 0.253 e. The van der Waals surface area contributed by atoms with Gasteiger partial charge in [0.2, 0.25) is 6.79 Å². The third-order valence-electron chi connectivity index (χ3n) is 3.66. The van der Waals surface area contributed by atoms with Gasteiger partial charge in [-0.15, -0.1) is 0 Å². The molecule has 1 amide bonds. The first-order valence-corrected chi connectivity index (χ1v) is 6.60. The standard InChI is InChI=1S/C14H18N2O3/c1-16(8-10-4-5-15-7-10)14(17)11-2-3-12-13(6-11)19-9-18-12/h2-3,6,10,15H,4-5,7-9H2,1H3. The topological polar surface area (TPSA) is 50.8 Å². The van der Waals surface area contributed by atoms with Gasteiger partial charge in [0.05, 0.1) is 0 Å². The molecule has 1 aromatic rings. The average Bonchev–Trinajstić information content (AvgIpc) is 3.07. The van der Waals surface area contributed by atoms with Gasteiger partial charge < -0.3 is 19.7 Å². The van der Waals surface area contributed by atoms with Gasteiger partial charge in [0.15, 0.2) is 11.5 Å². The molecule has 0 aromatic heterocycles. The number of carbonyl (C=O) groups is 1. The molecular formula is C14H18N2O3. The lowest BCUT2D eigenvalue weighted by atomic mass is 10.1. The Balaban J connectivity index is 1.68. The van der Waals surface area contributed by atoms with Gasteiger partial charge >= 0.3 is 0 Å². The van der Waals surface area contributed by atoms with E-state index in [1.54, 1.807) is 23.1 Å². The van der Waals surface area contributed by atoms with Crippen molar-refractivity contribution in [1.29, 1.82) is 0 Å². The van der Waals surface area contributed by atoms with Crippen molar-refractivity contribution in [3.8, 4) is 11.5 Å². The molecule has 0 bridgehead atoms. The molecule has 1 fully saturated rings. The summed E-state index contributed by atoms with van der Waals surface area (Å²) in [6.45, 7) is 3.08. The van der Waals surface area contributed by atoms with Crippen LogP contribution < -0.4 is 14.8 Å². The molecule has 1 N–H and O–H groups in total. The lowest BCUT2D eigenvalue weighted by molar-refractivity contribution is 0.0775. The molecule has 19 heavy (non-hydrogen) atoms. The van der Waals surface area contributed by atoms with E-state index in [9.17, 15) is 4.79 Å². The highest BCUT2D eigenvalue weighted by Gasteiger charge is 2.22. The minimum absolute atomic E-state index is 0.0326. The van der Waals surface area contributed by atoms with Gasteiger partial charge in [-0.05, 0) is 43.6 Å². The van der Waals surface area contributed by atoms with E-state index >= 15 is 0 Å². The van der Waals surface area contributed by atoms with E-state index in [1.165, 1.54) is 0 Å². The number of hydrogen-bond donors (Lipinski definition) is 1. The van der Waals surface area contributed by atoms with Crippen LogP contribution in [-0.2, 0) is 0 Å². The molecule has 2 heterocycles. The Kier molecular flexibility index (Phi) is 3.29. The molecule has 1 atom stereocenters. The Hall–Kier alpha value is -1.75. The van der Waals surface area contributed by atoms with E-state index in [0.717, 1.165) is 26.1 Å². The summed E-state index contributed by atoms with van der Waals surface area (Å²) >= 11 is 0. The minimum Gasteiger partial charge on any atom is -0.454 e. The Morgan fingerprint density at radius 3 is 3.05 bits per heavy atom. The molecule has 5 heteroatoms. The number of nitrogens with one attached hydrogen (secondary N) is 1. The van der Waals surface area contributed by atoms with Crippen LogP contribution in [0.15, 0.2) is 18.2 Å². The molecule has 102 valence electrons. The third-order valence-corrected chi connectivity index (χ3v) is 3.66. The molecular weight excluding hydrogens is 244 g/mol. The predicted molar refractivity (Wildman–Crippen MR) is 70.5 cm³/mol. The zero-order valence-corrected chi connectivity index (χ0v) is 11.0. The summed E-state index contributed by atoms with van der Waals surface area (Å²) in [6.07, 6.45) is 1.14. The number of nitrogens with zero attached hydrogens (tertiary/aromatic N) is 1. The normalized spacial score (nSPS) is 20.6. The average molecular weight is 262 g/mol. The van der Waals surface area contributed by atoms with Crippen LogP contribution in [0.1, 0.15) is 16.8 Å². The highest BCUT2D eigenvalue weighted by Crippen LogP contribution is 2.32. The fourth-order valence-corrected chi connectivity index (χ4v) is 2.59. The SMILES string of the molecule is CN(CC1CCNC1)C(=O)c1ccc2c(c1)OCO2. The Bertz CT molecular complexity index is 484. The molecule has 0 aliphatic carbocycles. The fraction of sp³-hybridized carbons (Fsp3) is 0.500. The highest BCUT2D eigenvalue weighted by atomic mass is 16.7. The maximum atomic E-state index is 12.3. The number of benzene rings is 1. The van der Waals surface area contributed by atoms with Crippen molar-refractivity contribution in [1.82, 2.24) is 10.2 Å². The predicted octanol–water partition coefficient (Wildman–Crippen LogP) is 1.10. The van der Waals surface area contributed by atoms with Crippen molar-refractivity contribution in [2.75, 3.05) is 33.5 Å². The quantitative estimate of drug-likeness (QED) is 0.886. The molecule has 1 unspecified atom stereocenters. The van der Waals surface area contributed by atoms with Gasteiger partial charge in [0, 0.05) is 19.2 Å². The van der Waals surface area contributed by atoms with E-state index in [0.29, 0.717) is 23.0 Å². The van der Waals surface area contributed by atoms with Crippen LogP contribution in [0, 0.1) is 5.92 Å². The summed E-state index contributed by atoms with van der Waals surface area (Å²) in [5.41, 5.74) is 0.651. The number of amides is 1. The molecule has 5 nitrogen and oxygen atoms in total. The Labute approximate surface area is 112 Å². The summed E-state index contributed by atoms with van der Waals surface area (Å²) in [5, 5.41) is 3.32. The van der Waals surface area contributed by atoms with Crippen molar-refractivity contribution >= 4 is 5.91 Å². The van der Waals surface area contributed by atoms with Gasteiger partial charge in [0.1, 0.15) is 0 Å². The van der Waals surface area contributed by atoms with Crippen molar-refractivity contribution in [2.45, 2.75) is 6.42 Å². The third kappa shape index (κ3) is 2.51. The second kappa shape index (κ2) is 5.09. The highest BCUT2D eigenvalue weighted by molar-refractivity contribution is 5.94. The molecule has 1 saturated heterocycles. The molecule has 0 spiro atoms. The summed E-state index contributed by atoms with van der Waals surface area (Å²) < 4.78 is 10.5. The monoisotopic (exact) mass is 262 g/mol. The van der Waals surface area contributed by atoms with Gasteiger partial charge in [-0.1, -0.05) is 0 Å². The first-order chi connectivity index (χ1) is 9.24. The second-order valence-corrected chi connectivity index (χ2v) is 5.11. The van der Waals surface area contributed by atoms with E-state index in [2.05, 4.69) is 5.32 Å². The molecule has 3 rings (SSSR count). The lowest BCUT2D eigenvalue weighted by Gasteiger charge is -2.20. The zero-order valence-electron chi connectivity index (χ0n) is 11.0. The number of rotatable bonds is 3. The van der Waals surface area contributed by atoms with Gasteiger partial charge in [0.25, 0.3) is 5.91 Å². The number of carbonyl (C=O) groups excluding carboxylic acids is 1. The molecule has 2 aliphatic rings. The van der Waals surface area contributed by atoms with Crippen LogP contribution in [-0.4, -0.2) is 44.3 Å².